The van der Waals surface area contributed by atoms with Gasteiger partial charge < -0.3 is 4.90 Å². The Bertz CT molecular complexity index is 444. The van der Waals surface area contributed by atoms with E-state index in [1.807, 2.05) is 24.0 Å². The van der Waals surface area contributed by atoms with Crippen molar-refractivity contribution in [1.29, 1.82) is 5.26 Å². The second kappa shape index (κ2) is 5.01. The third kappa shape index (κ3) is 2.65. The van der Waals surface area contributed by atoms with Gasteiger partial charge in [0.15, 0.2) is 0 Å². The zero-order valence-corrected chi connectivity index (χ0v) is 10.0. The molecule has 88 valence electrons. The van der Waals surface area contributed by atoms with Crippen LogP contribution in [0.3, 0.4) is 0 Å². The lowest BCUT2D eigenvalue weighted by Crippen LogP contribution is -2.39. The number of hydrogen-bond acceptors (Lipinski definition) is 2. The highest BCUT2D eigenvalue weighted by Crippen LogP contribution is 2.19. The normalized spacial score (nSPS) is 20.1. The van der Waals surface area contributed by atoms with Gasteiger partial charge in [-0.15, -0.1) is 0 Å². The minimum Gasteiger partial charge on any atom is -0.338 e. The van der Waals surface area contributed by atoms with E-state index >= 15 is 0 Å². The highest BCUT2D eigenvalue weighted by molar-refractivity contribution is 5.79. The number of likely N-dealkylation sites (tertiary alicyclic amines) is 1. The SMILES string of the molecule is CC1CCCN(Cc2ccc(C#N)cc2)C1=O. The number of benzene rings is 1. The first-order valence-electron chi connectivity index (χ1n) is 5.98. The second-order valence-electron chi connectivity index (χ2n) is 4.61. The lowest BCUT2D eigenvalue weighted by molar-refractivity contribution is -0.138. The van der Waals surface area contributed by atoms with Crippen molar-refractivity contribution in [2.24, 2.45) is 5.92 Å². The first-order valence-corrected chi connectivity index (χ1v) is 5.98. The van der Waals surface area contributed by atoms with Gasteiger partial charge in [-0.3, -0.25) is 4.79 Å². The molecule has 1 aliphatic rings. The van der Waals surface area contributed by atoms with Gasteiger partial charge in [-0.2, -0.15) is 5.26 Å². The molecule has 0 saturated carbocycles. The summed E-state index contributed by atoms with van der Waals surface area (Å²) in [6.07, 6.45) is 2.09. The van der Waals surface area contributed by atoms with Crippen LogP contribution in [0.25, 0.3) is 0 Å². The summed E-state index contributed by atoms with van der Waals surface area (Å²) < 4.78 is 0. The molecule has 0 spiro atoms. The molecule has 0 aromatic heterocycles. The Morgan fingerprint density at radius 1 is 1.41 bits per heavy atom. The highest BCUT2D eigenvalue weighted by atomic mass is 16.2. The maximum atomic E-state index is 11.9. The summed E-state index contributed by atoms with van der Waals surface area (Å²) in [6, 6.07) is 9.53. The Morgan fingerprint density at radius 3 is 2.76 bits per heavy atom. The predicted molar refractivity (Wildman–Crippen MR) is 65.0 cm³/mol. The van der Waals surface area contributed by atoms with Gasteiger partial charge >= 0.3 is 0 Å². The summed E-state index contributed by atoms with van der Waals surface area (Å²) in [7, 11) is 0. The van der Waals surface area contributed by atoms with Gasteiger partial charge in [0.1, 0.15) is 0 Å². The third-order valence-electron chi connectivity index (χ3n) is 3.25. The number of nitrogens with zero attached hydrogens (tertiary/aromatic N) is 2. The third-order valence-corrected chi connectivity index (χ3v) is 3.25. The highest BCUT2D eigenvalue weighted by Gasteiger charge is 2.24. The van der Waals surface area contributed by atoms with E-state index in [0.29, 0.717) is 12.1 Å². The summed E-state index contributed by atoms with van der Waals surface area (Å²) in [4.78, 5) is 13.8. The molecule has 1 aromatic carbocycles. The minimum atomic E-state index is 0.155. The summed E-state index contributed by atoms with van der Waals surface area (Å²) in [5.74, 6) is 0.405. The van der Waals surface area contributed by atoms with Crippen molar-refractivity contribution < 1.29 is 4.79 Å². The Hall–Kier alpha value is -1.82. The topological polar surface area (TPSA) is 44.1 Å². The fraction of sp³-hybridized carbons (Fsp3) is 0.429. The first kappa shape index (κ1) is 11.7. The van der Waals surface area contributed by atoms with Crippen molar-refractivity contribution in [3.8, 4) is 6.07 Å². The van der Waals surface area contributed by atoms with Crippen LogP contribution in [0.4, 0.5) is 0 Å². The Morgan fingerprint density at radius 2 is 2.12 bits per heavy atom. The van der Waals surface area contributed by atoms with Crippen molar-refractivity contribution in [1.82, 2.24) is 4.90 Å². The van der Waals surface area contributed by atoms with E-state index in [0.717, 1.165) is 24.9 Å². The number of rotatable bonds is 2. The lowest BCUT2D eigenvalue weighted by atomic mass is 9.98. The number of amides is 1. The van der Waals surface area contributed by atoms with E-state index < -0.39 is 0 Å². The molecule has 3 nitrogen and oxygen atoms in total. The molecule has 17 heavy (non-hydrogen) atoms. The largest absolute Gasteiger partial charge is 0.338 e. The minimum absolute atomic E-state index is 0.155. The van der Waals surface area contributed by atoms with Crippen LogP contribution in [-0.2, 0) is 11.3 Å². The van der Waals surface area contributed by atoms with Crippen molar-refractivity contribution in [3.63, 3.8) is 0 Å². The monoisotopic (exact) mass is 228 g/mol. The fourth-order valence-corrected chi connectivity index (χ4v) is 2.20. The van der Waals surface area contributed by atoms with Crippen LogP contribution in [-0.4, -0.2) is 17.4 Å². The summed E-state index contributed by atoms with van der Waals surface area (Å²) >= 11 is 0. The zero-order valence-electron chi connectivity index (χ0n) is 10.0. The quantitative estimate of drug-likeness (QED) is 0.779. The average molecular weight is 228 g/mol. The van der Waals surface area contributed by atoms with Gasteiger partial charge in [-0.25, -0.2) is 0 Å². The van der Waals surface area contributed by atoms with Gasteiger partial charge in [0.2, 0.25) is 5.91 Å². The Labute approximate surface area is 102 Å². The van der Waals surface area contributed by atoms with Gasteiger partial charge in [0.25, 0.3) is 0 Å². The maximum Gasteiger partial charge on any atom is 0.225 e. The van der Waals surface area contributed by atoms with Crippen molar-refractivity contribution in [2.75, 3.05) is 6.54 Å². The number of hydrogen-bond donors (Lipinski definition) is 0. The molecule has 1 amide bonds. The average Bonchev–Trinajstić information content (AvgIpc) is 2.36. The molecule has 1 aromatic rings. The van der Waals surface area contributed by atoms with Crippen LogP contribution in [0.5, 0.6) is 0 Å². The number of carbonyl (C=O) groups excluding carboxylic acids is 1. The molecular formula is C14H16N2O. The Kier molecular flexibility index (Phi) is 3.43. The van der Waals surface area contributed by atoms with Crippen LogP contribution in [0.2, 0.25) is 0 Å². The Balaban J connectivity index is 2.05. The molecule has 1 fully saturated rings. The van der Waals surface area contributed by atoms with Crippen molar-refractivity contribution >= 4 is 5.91 Å². The molecule has 1 heterocycles. The van der Waals surface area contributed by atoms with E-state index in [1.54, 1.807) is 12.1 Å². The molecule has 0 N–H and O–H groups in total. The molecule has 0 aliphatic carbocycles. The van der Waals surface area contributed by atoms with E-state index in [2.05, 4.69) is 6.07 Å². The van der Waals surface area contributed by atoms with Crippen molar-refractivity contribution in [2.45, 2.75) is 26.3 Å². The fourth-order valence-electron chi connectivity index (χ4n) is 2.20. The number of nitriles is 1. The van der Waals surface area contributed by atoms with Crippen LogP contribution in [0.1, 0.15) is 30.9 Å². The van der Waals surface area contributed by atoms with Crippen molar-refractivity contribution in [3.05, 3.63) is 35.4 Å². The van der Waals surface area contributed by atoms with Gasteiger partial charge in [-0.05, 0) is 30.5 Å². The van der Waals surface area contributed by atoms with Crippen LogP contribution >= 0.6 is 0 Å². The predicted octanol–water partition coefficient (Wildman–Crippen LogP) is 2.32. The van der Waals surface area contributed by atoms with E-state index in [9.17, 15) is 4.79 Å². The van der Waals surface area contributed by atoms with Crippen LogP contribution in [0.15, 0.2) is 24.3 Å². The molecule has 3 heteroatoms. The summed E-state index contributed by atoms with van der Waals surface area (Å²) in [6.45, 7) is 3.51. The van der Waals surface area contributed by atoms with Gasteiger partial charge in [0, 0.05) is 19.0 Å². The molecular weight excluding hydrogens is 212 g/mol. The maximum absolute atomic E-state index is 11.9. The van der Waals surface area contributed by atoms with Gasteiger partial charge in [-0.1, -0.05) is 19.1 Å². The van der Waals surface area contributed by atoms with Gasteiger partial charge in [0.05, 0.1) is 11.6 Å². The molecule has 1 atom stereocenters. The first-order chi connectivity index (χ1) is 8.20. The van der Waals surface area contributed by atoms with E-state index in [4.69, 9.17) is 5.26 Å². The molecule has 1 unspecified atom stereocenters. The molecule has 1 aliphatic heterocycles. The second-order valence-corrected chi connectivity index (χ2v) is 4.61. The summed E-state index contributed by atoms with van der Waals surface area (Å²) in [5, 5.41) is 8.71. The van der Waals surface area contributed by atoms with Crippen LogP contribution < -0.4 is 0 Å². The molecule has 2 rings (SSSR count). The molecule has 0 radical (unpaired) electrons. The molecule has 1 saturated heterocycles. The van der Waals surface area contributed by atoms with Crippen LogP contribution in [0, 0.1) is 17.2 Å². The number of carbonyl (C=O) groups is 1. The standard InChI is InChI=1S/C14H16N2O/c1-11-3-2-8-16(14(11)17)10-13-6-4-12(9-15)5-7-13/h4-7,11H,2-3,8,10H2,1H3. The lowest BCUT2D eigenvalue weighted by Gasteiger charge is -2.30. The molecule has 0 bridgehead atoms. The zero-order chi connectivity index (χ0) is 12.3. The summed E-state index contributed by atoms with van der Waals surface area (Å²) in [5.41, 5.74) is 1.75. The number of piperidine rings is 1. The smallest absolute Gasteiger partial charge is 0.225 e. The van der Waals surface area contributed by atoms with E-state index in [-0.39, 0.29) is 11.8 Å². The van der Waals surface area contributed by atoms with E-state index in [1.165, 1.54) is 0 Å².